The number of halogens is 1. The van der Waals surface area contributed by atoms with Gasteiger partial charge in [-0.15, -0.1) is 0 Å². The molecule has 0 radical (unpaired) electrons. The number of nitrogens with one attached hydrogen (secondary N) is 2. The van der Waals surface area contributed by atoms with Crippen molar-refractivity contribution >= 4 is 39.4 Å². The molecule has 2 amide bonds. The first-order chi connectivity index (χ1) is 23.3. The number of nitrogens with zero attached hydrogens (tertiary/aromatic N) is 1. The zero-order valence-electron chi connectivity index (χ0n) is 28.0. The first-order valence-corrected chi connectivity index (χ1v) is 18.6. The maximum atomic E-state index is 14.4. The number of hydroxylamine groups is 1. The largest absolute Gasteiger partial charge is 0.476 e. The number of esters is 1. The number of rotatable bonds is 12. The van der Waals surface area contributed by atoms with Crippen LogP contribution >= 0.6 is 11.6 Å². The molecule has 0 unspecified atom stereocenters. The highest BCUT2D eigenvalue weighted by molar-refractivity contribution is 7.88. The van der Waals surface area contributed by atoms with Crippen molar-refractivity contribution in [1.29, 1.82) is 0 Å². The van der Waals surface area contributed by atoms with E-state index in [2.05, 4.69) is 10.2 Å². The Morgan fingerprint density at radius 1 is 1.00 bits per heavy atom. The van der Waals surface area contributed by atoms with E-state index in [0.717, 1.165) is 19.1 Å². The van der Waals surface area contributed by atoms with E-state index in [-0.39, 0.29) is 19.1 Å². The molecule has 0 bridgehead atoms. The monoisotopic (exact) mass is 711 g/mol. The summed E-state index contributed by atoms with van der Waals surface area (Å²) in [6, 6.07) is 19.1. The summed E-state index contributed by atoms with van der Waals surface area (Å²) in [7, 11) is -3.59. The lowest BCUT2D eigenvalue weighted by atomic mass is 9.76. The highest BCUT2D eigenvalue weighted by Gasteiger charge is 2.49. The minimum Gasteiger partial charge on any atom is -0.476 e. The van der Waals surface area contributed by atoms with Gasteiger partial charge in [0.05, 0.1) is 31.4 Å². The van der Waals surface area contributed by atoms with Crippen LogP contribution in [0, 0.1) is 0 Å². The molecule has 262 valence electrons. The molecular formula is C36H42ClN3O8S. The minimum atomic E-state index is -3.59. The van der Waals surface area contributed by atoms with Crippen molar-refractivity contribution in [3.63, 3.8) is 0 Å². The maximum absolute atomic E-state index is 14.4. The van der Waals surface area contributed by atoms with Crippen LogP contribution in [0.15, 0.2) is 72.8 Å². The van der Waals surface area contributed by atoms with E-state index in [0.29, 0.717) is 45.9 Å². The van der Waals surface area contributed by atoms with Crippen LogP contribution < -0.4 is 14.9 Å². The third-order valence-corrected chi connectivity index (χ3v) is 9.76. The summed E-state index contributed by atoms with van der Waals surface area (Å²) in [4.78, 5) is 48.4. The lowest BCUT2D eigenvalue weighted by Crippen LogP contribution is -2.59. The Morgan fingerprint density at radius 2 is 1.71 bits per heavy atom. The zero-order chi connectivity index (χ0) is 35.3. The average molecular weight is 712 g/mol. The second kappa shape index (κ2) is 15.3. The molecule has 3 aromatic rings. The molecule has 1 aliphatic carbocycles. The molecular weight excluding hydrogens is 670 g/mol. The van der Waals surface area contributed by atoms with Gasteiger partial charge in [-0.3, -0.25) is 14.4 Å². The zero-order valence-corrected chi connectivity index (χ0v) is 29.6. The van der Waals surface area contributed by atoms with Crippen molar-refractivity contribution in [3.05, 3.63) is 100 Å². The van der Waals surface area contributed by atoms with Crippen LogP contribution in [-0.2, 0) is 35.8 Å². The van der Waals surface area contributed by atoms with E-state index in [1.165, 1.54) is 0 Å². The number of hydrogen-bond acceptors (Lipinski definition) is 8. The van der Waals surface area contributed by atoms with Gasteiger partial charge in [0.25, 0.3) is 11.8 Å². The van der Waals surface area contributed by atoms with Crippen LogP contribution in [0.5, 0.6) is 5.75 Å². The normalized spacial score (nSPS) is 21.1. The molecule has 1 fully saturated rings. The molecule has 3 aromatic carbocycles. The predicted molar refractivity (Wildman–Crippen MR) is 184 cm³/mol. The van der Waals surface area contributed by atoms with Gasteiger partial charge in [0, 0.05) is 22.7 Å². The lowest BCUT2D eigenvalue weighted by Gasteiger charge is -2.49. The van der Waals surface area contributed by atoms with Crippen molar-refractivity contribution in [2.24, 2.45) is 0 Å². The SMILES string of the molecule is CCOC(=O)C(C)(C)Oc1cccc(CONC(=O)[C@@H]2c3ccccc3C(=O)N([C@H]3CCCC[C@@H]3NS(C)(=O)=O)[C@H]2c2ccc(Cl)cc2)c1. The molecule has 13 heteroatoms. The summed E-state index contributed by atoms with van der Waals surface area (Å²) < 4.78 is 38.6. The van der Waals surface area contributed by atoms with Crippen LogP contribution in [0.2, 0.25) is 5.02 Å². The van der Waals surface area contributed by atoms with Crippen LogP contribution in [-0.4, -0.2) is 61.6 Å². The van der Waals surface area contributed by atoms with Gasteiger partial charge >= 0.3 is 5.97 Å². The van der Waals surface area contributed by atoms with Crippen LogP contribution in [0.3, 0.4) is 0 Å². The fraction of sp³-hybridized carbons (Fsp3) is 0.417. The quantitative estimate of drug-likeness (QED) is 0.187. The molecule has 0 spiro atoms. The summed E-state index contributed by atoms with van der Waals surface area (Å²) in [6.45, 7) is 5.17. The summed E-state index contributed by atoms with van der Waals surface area (Å²) in [6.07, 6.45) is 3.82. The Balaban J connectivity index is 1.44. The molecule has 2 aliphatic rings. The Bertz CT molecular complexity index is 1780. The predicted octanol–water partition coefficient (Wildman–Crippen LogP) is 5.45. The standard InChI is InChI=1S/C36H42ClN3O8S/c1-5-46-35(43)36(2,3)48-26-12-10-11-23(21-26)22-47-38-33(41)31-27-13-6-7-14-28(27)34(42)40(32(31)24-17-19-25(37)20-18-24)30-16-9-8-15-29(30)39-49(4,44)45/h6-7,10-14,17-21,29-32,39H,5,8-9,15-16,22H2,1-4H3,(H,38,41)/t29-,30-,31+,32-/m0/s1. The van der Waals surface area contributed by atoms with Gasteiger partial charge in [-0.1, -0.05) is 66.9 Å². The number of fused-ring (bicyclic) bond motifs is 1. The fourth-order valence-corrected chi connectivity index (χ4v) is 7.62. The number of hydrogen-bond donors (Lipinski definition) is 2. The average Bonchev–Trinajstić information content (AvgIpc) is 3.05. The Hall–Kier alpha value is -3.97. The Morgan fingerprint density at radius 3 is 2.43 bits per heavy atom. The number of ether oxygens (including phenoxy) is 2. The van der Waals surface area contributed by atoms with Gasteiger partial charge < -0.3 is 14.4 Å². The number of sulfonamides is 1. The molecule has 1 saturated carbocycles. The van der Waals surface area contributed by atoms with Gasteiger partial charge in [-0.2, -0.15) is 0 Å². The second-order valence-corrected chi connectivity index (χ2v) is 15.1. The van der Waals surface area contributed by atoms with Crippen molar-refractivity contribution in [2.45, 2.75) is 82.7 Å². The molecule has 2 N–H and O–H groups in total. The first kappa shape index (κ1) is 36.3. The van der Waals surface area contributed by atoms with E-state index in [4.69, 9.17) is 25.9 Å². The fourth-order valence-electron chi connectivity index (χ4n) is 6.66. The summed E-state index contributed by atoms with van der Waals surface area (Å²) in [5.41, 5.74) is 3.64. The molecule has 0 aromatic heterocycles. The molecule has 4 atom stereocenters. The number of benzene rings is 3. The third-order valence-electron chi connectivity index (χ3n) is 8.77. The maximum Gasteiger partial charge on any atom is 0.349 e. The molecule has 0 saturated heterocycles. The summed E-state index contributed by atoms with van der Waals surface area (Å²) >= 11 is 6.25. The smallest absolute Gasteiger partial charge is 0.349 e. The Kier molecular flexibility index (Phi) is 11.3. The lowest BCUT2D eigenvalue weighted by molar-refractivity contribution is -0.158. The van der Waals surface area contributed by atoms with Crippen molar-refractivity contribution in [3.8, 4) is 5.75 Å². The van der Waals surface area contributed by atoms with Crippen LogP contribution in [0.25, 0.3) is 0 Å². The van der Waals surface area contributed by atoms with E-state index in [1.807, 2.05) is 0 Å². The Labute approximate surface area is 292 Å². The van der Waals surface area contributed by atoms with E-state index < -0.39 is 51.5 Å². The highest BCUT2D eigenvalue weighted by atomic mass is 35.5. The number of carbonyl (C=O) groups excluding carboxylic acids is 3. The van der Waals surface area contributed by atoms with Crippen molar-refractivity contribution in [2.75, 3.05) is 12.9 Å². The van der Waals surface area contributed by atoms with Gasteiger partial charge in [0.15, 0.2) is 5.60 Å². The van der Waals surface area contributed by atoms with Gasteiger partial charge in [-0.05, 0) is 80.6 Å². The van der Waals surface area contributed by atoms with Gasteiger partial charge in [-0.25, -0.2) is 23.4 Å². The number of amides is 2. The second-order valence-electron chi connectivity index (χ2n) is 12.9. The van der Waals surface area contributed by atoms with Crippen LogP contribution in [0.4, 0.5) is 0 Å². The number of carbonyl (C=O) groups is 3. The minimum absolute atomic E-state index is 0.0195. The molecule has 49 heavy (non-hydrogen) atoms. The van der Waals surface area contributed by atoms with Crippen LogP contribution in [0.1, 0.15) is 85.5 Å². The highest BCUT2D eigenvalue weighted by Crippen LogP contribution is 2.46. The van der Waals surface area contributed by atoms with E-state index >= 15 is 0 Å². The molecule has 1 aliphatic heterocycles. The topological polar surface area (TPSA) is 140 Å². The van der Waals surface area contributed by atoms with Crippen molar-refractivity contribution < 1.29 is 37.1 Å². The summed E-state index contributed by atoms with van der Waals surface area (Å²) in [5, 5.41) is 0.494. The molecule has 11 nitrogen and oxygen atoms in total. The third kappa shape index (κ3) is 8.61. The van der Waals surface area contributed by atoms with E-state index in [9.17, 15) is 22.8 Å². The summed E-state index contributed by atoms with van der Waals surface area (Å²) in [5.74, 6) is -1.74. The molecule has 5 rings (SSSR count). The molecule has 1 heterocycles. The van der Waals surface area contributed by atoms with Gasteiger partial charge in [0.1, 0.15) is 5.75 Å². The van der Waals surface area contributed by atoms with Gasteiger partial charge in [0.2, 0.25) is 10.0 Å². The first-order valence-electron chi connectivity index (χ1n) is 16.3. The van der Waals surface area contributed by atoms with Crippen molar-refractivity contribution in [1.82, 2.24) is 15.1 Å². The van der Waals surface area contributed by atoms with E-state index in [1.54, 1.807) is 98.5 Å².